The summed E-state index contributed by atoms with van der Waals surface area (Å²) in [5, 5.41) is 13.1. The van der Waals surface area contributed by atoms with E-state index in [9.17, 15) is 19.6 Å². The van der Waals surface area contributed by atoms with Crippen LogP contribution in [0.1, 0.15) is 63.4 Å². The summed E-state index contributed by atoms with van der Waals surface area (Å²) < 4.78 is 5.69. The zero-order valence-corrected chi connectivity index (χ0v) is 18.1. The molecule has 0 bridgehead atoms. The first-order valence-corrected chi connectivity index (χ1v) is 11.5. The molecule has 31 heavy (non-hydrogen) atoms. The Morgan fingerprint density at radius 2 is 1.74 bits per heavy atom. The van der Waals surface area contributed by atoms with Gasteiger partial charge in [0, 0.05) is 6.42 Å². The summed E-state index contributed by atoms with van der Waals surface area (Å²) in [4.78, 5) is 37.0. The first-order valence-electron chi connectivity index (χ1n) is 11.5. The van der Waals surface area contributed by atoms with Crippen LogP contribution in [0, 0.1) is 11.8 Å². The number of ether oxygens (including phenoxy) is 1. The number of nitrogens with one attached hydrogen (secondary N) is 1. The molecular weight excluding hydrogens is 396 g/mol. The maximum absolute atomic E-state index is 13.2. The normalized spacial score (nSPS) is 19.0. The maximum atomic E-state index is 13.2. The number of esters is 1. The van der Waals surface area contributed by atoms with E-state index in [-0.39, 0.29) is 18.6 Å². The van der Waals surface area contributed by atoms with Crippen molar-refractivity contribution in [1.29, 1.82) is 0 Å². The Balaban J connectivity index is 1.69. The summed E-state index contributed by atoms with van der Waals surface area (Å²) in [6.45, 7) is -0.0818. The standard InChI is InChI=1S/C24H34N2O5/c27-17-26(30)16-20(14-18-10-4-5-11-18)23(28)25-22(15-19-8-2-1-3-9-19)24(29)31-21-12-6-7-13-21/h1-3,8-9,17-18,20-22,30H,4-7,10-16H2,(H,25,28). The van der Waals surface area contributed by atoms with E-state index in [1.807, 2.05) is 30.3 Å². The van der Waals surface area contributed by atoms with Crippen LogP contribution >= 0.6 is 0 Å². The molecule has 7 heteroatoms. The van der Waals surface area contributed by atoms with E-state index in [1.54, 1.807) is 0 Å². The van der Waals surface area contributed by atoms with Gasteiger partial charge in [-0.3, -0.25) is 14.8 Å². The van der Waals surface area contributed by atoms with Gasteiger partial charge in [0.2, 0.25) is 12.3 Å². The Morgan fingerprint density at radius 1 is 1.10 bits per heavy atom. The predicted octanol–water partition coefficient (Wildman–Crippen LogP) is 3.24. The van der Waals surface area contributed by atoms with Crippen LogP contribution in [-0.2, 0) is 25.5 Å². The highest BCUT2D eigenvalue weighted by molar-refractivity contribution is 5.86. The van der Waals surface area contributed by atoms with Crippen LogP contribution in [0.2, 0.25) is 0 Å². The van der Waals surface area contributed by atoms with Crippen molar-refractivity contribution in [3.05, 3.63) is 35.9 Å². The SMILES string of the molecule is O=CN(O)CC(CC1CCCC1)C(=O)NC(Cc1ccccc1)C(=O)OC1CCCC1. The smallest absolute Gasteiger partial charge is 0.329 e. The average molecular weight is 431 g/mol. The molecule has 2 N–H and O–H groups in total. The van der Waals surface area contributed by atoms with Gasteiger partial charge in [0.15, 0.2) is 0 Å². The lowest BCUT2D eigenvalue weighted by molar-refractivity contribution is -0.157. The lowest BCUT2D eigenvalue weighted by atomic mass is 9.92. The Hall–Kier alpha value is -2.41. The summed E-state index contributed by atoms with van der Waals surface area (Å²) in [7, 11) is 0. The number of benzene rings is 1. The largest absolute Gasteiger partial charge is 0.461 e. The van der Waals surface area contributed by atoms with Gasteiger partial charge in [-0.1, -0.05) is 56.0 Å². The first kappa shape index (κ1) is 23.3. The van der Waals surface area contributed by atoms with E-state index in [4.69, 9.17) is 4.74 Å². The first-order chi connectivity index (χ1) is 15.0. The minimum Gasteiger partial charge on any atom is -0.461 e. The highest BCUT2D eigenvalue weighted by Crippen LogP contribution is 2.31. The summed E-state index contributed by atoms with van der Waals surface area (Å²) in [6.07, 6.45) is 9.36. The number of nitrogens with zero attached hydrogens (tertiary/aromatic N) is 1. The predicted molar refractivity (Wildman–Crippen MR) is 115 cm³/mol. The van der Waals surface area contributed by atoms with Gasteiger partial charge in [-0.2, -0.15) is 0 Å². The lowest BCUT2D eigenvalue weighted by Crippen LogP contribution is -2.48. The summed E-state index contributed by atoms with van der Waals surface area (Å²) in [5.74, 6) is -0.915. The fourth-order valence-corrected chi connectivity index (χ4v) is 4.77. The molecule has 1 aromatic carbocycles. The number of hydrogen-bond acceptors (Lipinski definition) is 5. The van der Waals surface area contributed by atoms with Gasteiger partial charge < -0.3 is 10.1 Å². The molecule has 0 aromatic heterocycles. The van der Waals surface area contributed by atoms with E-state index in [0.29, 0.717) is 30.2 Å². The van der Waals surface area contributed by atoms with Crippen molar-refractivity contribution < 1.29 is 24.3 Å². The van der Waals surface area contributed by atoms with Crippen molar-refractivity contribution in [1.82, 2.24) is 10.4 Å². The molecule has 1 aromatic rings. The van der Waals surface area contributed by atoms with Crippen molar-refractivity contribution in [2.45, 2.75) is 76.4 Å². The maximum Gasteiger partial charge on any atom is 0.329 e. The molecule has 2 saturated carbocycles. The van der Waals surface area contributed by atoms with E-state index < -0.39 is 17.9 Å². The molecule has 2 fully saturated rings. The van der Waals surface area contributed by atoms with Gasteiger partial charge in [0.05, 0.1) is 12.5 Å². The average Bonchev–Trinajstić information content (AvgIpc) is 3.47. The topological polar surface area (TPSA) is 95.9 Å². The van der Waals surface area contributed by atoms with Crippen LogP contribution in [-0.4, -0.2) is 47.2 Å². The fraction of sp³-hybridized carbons (Fsp3) is 0.625. The highest BCUT2D eigenvalue weighted by atomic mass is 16.5. The van der Waals surface area contributed by atoms with Crippen molar-refractivity contribution in [3.8, 4) is 0 Å². The van der Waals surface area contributed by atoms with Crippen molar-refractivity contribution in [3.63, 3.8) is 0 Å². The van der Waals surface area contributed by atoms with Gasteiger partial charge in [-0.15, -0.1) is 0 Å². The molecular formula is C24H34N2O5. The Labute approximate surface area is 184 Å². The van der Waals surface area contributed by atoms with Gasteiger partial charge >= 0.3 is 5.97 Å². The minimum absolute atomic E-state index is 0.0818. The highest BCUT2D eigenvalue weighted by Gasteiger charge is 2.32. The van der Waals surface area contributed by atoms with Gasteiger partial charge in [-0.25, -0.2) is 9.86 Å². The molecule has 0 radical (unpaired) electrons. The van der Waals surface area contributed by atoms with E-state index in [1.165, 1.54) is 0 Å². The van der Waals surface area contributed by atoms with Crippen molar-refractivity contribution in [2.75, 3.05) is 6.54 Å². The van der Waals surface area contributed by atoms with Crippen molar-refractivity contribution >= 4 is 18.3 Å². The number of rotatable bonds is 11. The zero-order chi connectivity index (χ0) is 22.1. The minimum atomic E-state index is -0.801. The van der Waals surface area contributed by atoms with E-state index >= 15 is 0 Å². The lowest BCUT2D eigenvalue weighted by Gasteiger charge is -2.26. The molecule has 7 nitrogen and oxygen atoms in total. The van der Waals surface area contributed by atoms with Crippen molar-refractivity contribution in [2.24, 2.45) is 11.8 Å². The molecule has 0 spiro atoms. The van der Waals surface area contributed by atoms with E-state index in [0.717, 1.165) is 56.9 Å². The zero-order valence-electron chi connectivity index (χ0n) is 18.1. The van der Waals surface area contributed by atoms with Crippen LogP contribution in [0.15, 0.2) is 30.3 Å². The third-order valence-corrected chi connectivity index (χ3v) is 6.46. The second kappa shape index (κ2) is 11.8. The fourth-order valence-electron chi connectivity index (χ4n) is 4.77. The van der Waals surface area contributed by atoms with E-state index in [2.05, 4.69) is 5.32 Å². The molecule has 3 rings (SSSR count). The molecule has 2 aliphatic carbocycles. The summed E-state index contributed by atoms with van der Waals surface area (Å²) in [6, 6.07) is 8.73. The monoisotopic (exact) mass is 430 g/mol. The molecule has 2 unspecified atom stereocenters. The second-order valence-corrected chi connectivity index (χ2v) is 8.90. The van der Waals surface area contributed by atoms with Crippen LogP contribution in [0.3, 0.4) is 0 Å². The Morgan fingerprint density at radius 3 is 2.39 bits per heavy atom. The Bertz CT molecular complexity index is 714. The third-order valence-electron chi connectivity index (χ3n) is 6.46. The number of hydrogen-bond donors (Lipinski definition) is 2. The molecule has 2 atom stereocenters. The van der Waals surface area contributed by atoms with Crippen LogP contribution in [0.4, 0.5) is 0 Å². The molecule has 2 aliphatic rings. The summed E-state index contributed by atoms with van der Waals surface area (Å²) in [5.41, 5.74) is 0.931. The van der Waals surface area contributed by atoms with Crippen LogP contribution in [0.5, 0.6) is 0 Å². The van der Waals surface area contributed by atoms with Gasteiger partial charge in [0.25, 0.3) is 0 Å². The number of carbonyl (C=O) groups is 3. The third kappa shape index (κ3) is 7.35. The molecule has 0 saturated heterocycles. The molecule has 0 heterocycles. The summed E-state index contributed by atoms with van der Waals surface area (Å²) >= 11 is 0. The van der Waals surface area contributed by atoms with Crippen LogP contribution in [0.25, 0.3) is 0 Å². The van der Waals surface area contributed by atoms with Gasteiger partial charge in [0.1, 0.15) is 12.1 Å². The molecule has 170 valence electrons. The molecule has 0 aliphatic heterocycles. The Kier molecular flexibility index (Phi) is 8.88. The quantitative estimate of drug-likeness (QED) is 0.243. The number of hydroxylamine groups is 2. The number of carbonyl (C=O) groups excluding carboxylic acids is 3. The van der Waals surface area contributed by atoms with Gasteiger partial charge in [-0.05, 0) is 43.6 Å². The molecule has 2 amide bonds. The van der Waals surface area contributed by atoms with Crippen LogP contribution < -0.4 is 5.32 Å². The number of amides is 2. The second-order valence-electron chi connectivity index (χ2n) is 8.90.